The maximum absolute atomic E-state index is 13.3. The second-order valence-electron chi connectivity index (χ2n) is 8.74. The van der Waals surface area contributed by atoms with Crippen molar-refractivity contribution in [3.05, 3.63) is 42.2 Å². The lowest BCUT2D eigenvalue weighted by atomic mass is 9.96. The molecular formula is C24H28FN7O. The number of benzene rings is 1. The first-order valence-electron chi connectivity index (χ1n) is 11.6. The summed E-state index contributed by atoms with van der Waals surface area (Å²) in [7, 11) is 0. The quantitative estimate of drug-likeness (QED) is 0.634. The number of rotatable bonds is 3. The molecule has 3 aromatic rings. The molecule has 2 fully saturated rings. The van der Waals surface area contributed by atoms with Gasteiger partial charge in [-0.2, -0.15) is 4.98 Å². The molecule has 9 heteroatoms. The van der Waals surface area contributed by atoms with Crippen LogP contribution < -0.4 is 16.0 Å². The number of nitrogens with zero attached hydrogens (tertiary/aromatic N) is 5. The first kappa shape index (κ1) is 21.4. The number of carbonyl (C=O) groups is 1. The molecule has 0 unspecified atom stereocenters. The molecule has 0 spiro atoms. The van der Waals surface area contributed by atoms with Crippen molar-refractivity contribution in [3.8, 4) is 11.3 Å². The van der Waals surface area contributed by atoms with Gasteiger partial charge in [-0.1, -0.05) is 19.3 Å². The summed E-state index contributed by atoms with van der Waals surface area (Å²) in [5, 5.41) is 3.20. The third-order valence-corrected chi connectivity index (χ3v) is 6.48. The number of anilines is 2. The van der Waals surface area contributed by atoms with E-state index < -0.39 is 0 Å². The molecule has 1 aromatic carbocycles. The molecule has 8 nitrogen and oxygen atoms in total. The normalized spacial score (nSPS) is 17.4. The summed E-state index contributed by atoms with van der Waals surface area (Å²) in [6, 6.07) is 10.2. The first-order chi connectivity index (χ1) is 16.1. The highest BCUT2D eigenvalue weighted by molar-refractivity contribution is 5.88. The molecule has 3 N–H and O–H groups in total. The van der Waals surface area contributed by atoms with E-state index in [4.69, 9.17) is 10.7 Å². The van der Waals surface area contributed by atoms with Gasteiger partial charge in [0.05, 0.1) is 11.2 Å². The van der Waals surface area contributed by atoms with E-state index in [-0.39, 0.29) is 17.8 Å². The SMILES string of the molecule is Nc1nc(N2CCN(C(=O)NC3CCCCC3)CC2)c2nc(-c3ccc(F)cc3)ccc2n1. The Kier molecular flexibility index (Phi) is 5.93. The lowest BCUT2D eigenvalue weighted by Gasteiger charge is -2.36. The van der Waals surface area contributed by atoms with E-state index in [0.717, 1.165) is 18.4 Å². The second kappa shape index (κ2) is 9.17. The van der Waals surface area contributed by atoms with Crippen molar-refractivity contribution in [1.29, 1.82) is 0 Å². The molecule has 1 aliphatic carbocycles. The third kappa shape index (κ3) is 4.67. The highest BCUT2D eigenvalue weighted by Crippen LogP contribution is 2.28. The average Bonchev–Trinajstić information content (AvgIpc) is 2.84. The number of nitrogens with two attached hydrogens (primary N) is 1. The van der Waals surface area contributed by atoms with Gasteiger partial charge in [0.1, 0.15) is 11.3 Å². The van der Waals surface area contributed by atoms with Crippen LogP contribution in [0.15, 0.2) is 36.4 Å². The van der Waals surface area contributed by atoms with Crippen LogP contribution in [-0.2, 0) is 0 Å². The zero-order valence-corrected chi connectivity index (χ0v) is 18.5. The van der Waals surface area contributed by atoms with E-state index in [1.165, 1.54) is 31.4 Å². The molecule has 2 aromatic heterocycles. The fraction of sp³-hybridized carbons (Fsp3) is 0.417. The second-order valence-corrected chi connectivity index (χ2v) is 8.74. The first-order valence-corrected chi connectivity index (χ1v) is 11.6. The van der Waals surface area contributed by atoms with Crippen LogP contribution in [0.4, 0.5) is 21.0 Å². The van der Waals surface area contributed by atoms with Crippen molar-refractivity contribution in [3.63, 3.8) is 0 Å². The Labute approximate surface area is 192 Å². The topological polar surface area (TPSA) is 100 Å². The molecule has 1 aliphatic heterocycles. The van der Waals surface area contributed by atoms with Crippen LogP contribution in [0, 0.1) is 5.82 Å². The minimum Gasteiger partial charge on any atom is -0.368 e. The average molecular weight is 450 g/mol. The minimum atomic E-state index is -0.290. The van der Waals surface area contributed by atoms with Crippen molar-refractivity contribution in [1.82, 2.24) is 25.2 Å². The maximum Gasteiger partial charge on any atom is 0.317 e. The van der Waals surface area contributed by atoms with Gasteiger partial charge in [-0.3, -0.25) is 0 Å². The van der Waals surface area contributed by atoms with E-state index in [9.17, 15) is 9.18 Å². The van der Waals surface area contributed by atoms with Crippen LogP contribution in [0.1, 0.15) is 32.1 Å². The Morgan fingerprint density at radius 3 is 2.39 bits per heavy atom. The number of nitrogens with one attached hydrogen (secondary N) is 1. The van der Waals surface area contributed by atoms with Crippen LogP contribution in [0.5, 0.6) is 0 Å². The predicted molar refractivity (Wildman–Crippen MR) is 126 cm³/mol. The van der Waals surface area contributed by atoms with E-state index in [1.807, 2.05) is 17.0 Å². The zero-order chi connectivity index (χ0) is 22.8. The van der Waals surface area contributed by atoms with Crippen molar-refractivity contribution in [2.24, 2.45) is 0 Å². The molecule has 0 radical (unpaired) electrons. The van der Waals surface area contributed by atoms with Crippen LogP contribution in [0.3, 0.4) is 0 Å². The van der Waals surface area contributed by atoms with E-state index in [2.05, 4.69) is 20.2 Å². The highest BCUT2D eigenvalue weighted by Gasteiger charge is 2.26. The van der Waals surface area contributed by atoms with E-state index >= 15 is 0 Å². The van der Waals surface area contributed by atoms with Gasteiger partial charge in [-0.25, -0.2) is 19.2 Å². The molecule has 5 rings (SSSR count). The minimum absolute atomic E-state index is 0.0188. The lowest BCUT2D eigenvalue weighted by molar-refractivity contribution is 0.186. The van der Waals surface area contributed by atoms with Gasteiger partial charge >= 0.3 is 6.03 Å². The summed E-state index contributed by atoms with van der Waals surface area (Å²) >= 11 is 0. The number of pyridine rings is 1. The summed E-state index contributed by atoms with van der Waals surface area (Å²) < 4.78 is 13.3. The number of fused-ring (bicyclic) bond motifs is 1. The number of amides is 2. The Bertz CT molecular complexity index is 1140. The fourth-order valence-electron chi connectivity index (χ4n) is 4.65. The molecule has 2 amide bonds. The van der Waals surface area contributed by atoms with Gasteiger partial charge in [0, 0.05) is 37.8 Å². The van der Waals surface area contributed by atoms with Crippen molar-refractivity contribution in [2.45, 2.75) is 38.1 Å². The van der Waals surface area contributed by atoms with Crippen LogP contribution >= 0.6 is 0 Å². The molecule has 3 heterocycles. The molecule has 0 bridgehead atoms. The van der Waals surface area contributed by atoms with Crippen molar-refractivity contribution in [2.75, 3.05) is 36.8 Å². The summed E-state index contributed by atoms with van der Waals surface area (Å²) in [5.41, 5.74) is 8.80. The molecule has 0 atom stereocenters. The van der Waals surface area contributed by atoms with Gasteiger partial charge in [0.25, 0.3) is 0 Å². The van der Waals surface area contributed by atoms with Gasteiger partial charge in [-0.15, -0.1) is 0 Å². The van der Waals surface area contributed by atoms with E-state index in [0.29, 0.717) is 54.8 Å². The molecule has 33 heavy (non-hydrogen) atoms. The number of carbonyl (C=O) groups excluding carboxylic acids is 1. The zero-order valence-electron chi connectivity index (χ0n) is 18.5. The number of piperazine rings is 1. The molecule has 2 aliphatic rings. The Balaban J connectivity index is 1.34. The van der Waals surface area contributed by atoms with Crippen molar-refractivity contribution >= 4 is 28.8 Å². The molecular weight excluding hydrogens is 421 g/mol. The summed E-state index contributed by atoms with van der Waals surface area (Å²) in [4.78, 5) is 30.3. The smallest absolute Gasteiger partial charge is 0.317 e. The lowest BCUT2D eigenvalue weighted by Crippen LogP contribution is -2.54. The number of hydrogen-bond donors (Lipinski definition) is 2. The predicted octanol–water partition coefficient (Wildman–Crippen LogP) is 3.58. The number of urea groups is 1. The van der Waals surface area contributed by atoms with Gasteiger partial charge in [-0.05, 0) is 49.2 Å². The van der Waals surface area contributed by atoms with Crippen LogP contribution in [0.2, 0.25) is 0 Å². The van der Waals surface area contributed by atoms with Crippen LogP contribution in [0.25, 0.3) is 22.3 Å². The Morgan fingerprint density at radius 2 is 1.67 bits per heavy atom. The summed E-state index contributed by atoms with van der Waals surface area (Å²) in [5.74, 6) is 0.557. The monoisotopic (exact) mass is 449 g/mol. The largest absolute Gasteiger partial charge is 0.368 e. The molecule has 172 valence electrons. The third-order valence-electron chi connectivity index (χ3n) is 6.48. The Hall–Kier alpha value is -3.49. The molecule has 1 saturated heterocycles. The van der Waals surface area contributed by atoms with Gasteiger partial charge in [0.15, 0.2) is 5.82 Å². The number of nitrogen functional groups attached to an aromatic ring is 1. The van der Waals surface area contributed by atoms with E-state index in [1.54, 1.807) is 12.1 Å². The van der Waals surface area contributed by atoms with Gasteiger partial charge < -0.3 is 20.9 Å². The molecule has 1 saturated carbocycles. The summed E-state index contributed by atoms with van der Waals surface area (Å²) in [6.07, 6.45) is 5.78. The fourth-order valence-corrected chi connectivity index (χ4v) is 4.65. The number of aromatic nitrogens is 3. The standard InChI is InChI=1S/C24H28FN7O/c25-17-8-6-16(7-9-17)19-10-11-20-21(28-19)22(30-23(26)29-20)31-12-14-32(15-13-31)24(33)27-18-4-2-1-3-5-18/h6-11,18H,1-5,12-15H2,(H,27,33)(H2,26,29,30). The maximum atomic E-state index is 13.3. The Morgan fingerprint density at radius 1 is 0.939 bits per heavy atom. The van der Waals surface area contributed by atoms with Crippen LogP contribution in [-0.4, -0.2) is 58.1 Å². The van der Waals surface area contributed by atoms with Gasteiger partial charge in [0.2, 0.25) is 5.95 Å². The summed E-state index contributed by atoms with van der Waals surface area (Å²) in [6.45, 7) is 2.46. The highest BCUT2D eigenvalue weighted by atomic mass is 19.1. The number of hydrogen-bond acceptors (Lipinski definition) is 6. The van der Waals surface area contributed by atoms with Crippen molar-refractivity contribution < 1.29 is 9.18 Å². The number of halogens is 1.